The predicted molar refractivity (Wildman–Crippen MR) is 37.4 cm³/mol. The summed E-state index contributed by atoms with van der Waals surface area (Å²) in [7, 11) is 0. The fraction of sp³-hybridized carbons (Fsp3) is 0.125. The van der Waals surface area contributed by atoms with Crippen LogP contribution in [0.15, 0.2) is 24.3 Å². The van der Waals surface area contributed by atoms with Gasteiger partial charge in [-0.3, -0.25) is 5.11 Å². The zero-order chi connectivity index (χ0) is 7.40. The maximum absolute atomic E-state index is 10.9. The van der Waals surface area contributed by atoms with E-state index in [1.165, 1.54) is 6.07 Å². The molecule has 1 aromatic carbocycles. The third-order valence-electron chi connectivity index (χ3n) is 1.11. The van der Waals surface area contributed by atoms with Crippen LogP contribution < -0.4 is 4.74 Å². The molecule has 0 fully saturated rings. The quantitative estimate of drug-likeness (QED) is 0.611. The minimum Gasteiger partial charge on any atom is -0.489 e. The third kappa shape index (κ3) is 1.41. The Kier molecular flexibility index (Phi) is 2.15. The summed E-state index contributed by atoms with van der Waals surface area (Å²) in [4.78, 5) is 0. The molecule has 2 nitrogen and oxygen atoms in total. The normalized spacial score (nSPS) is 9.30. The molecule has 0 heterocycles. The van der Waals surface area contributed by atoms with E-state index in [0.29, 0.717) is 12.4 Å². The Hall–Kier alpha value is -1.18. The smallest absolute Gasteiger partial charge is 0.220 e. The molecule has 10 heavy (non-hydrogen) atoms. The van der Waals surface area contributed by atoms with Crippen LogP contribution in [0.3, 0.4) is 0 Å². The van der Waals surface area contributed by atoms with E-state index in [-0.39, 0.29) is 5.75 Å². The highest BCUT2D eigenvalue weighted by Gasteiger charge is 1.98. The number of hydrogen-bond donors (Lipinski definition) is 0. The fourth-order valence-electron chi connectivity index (χ4n) is 0.679. The number of hydrogen-bond acceptors (Lipinski definition) is 1. The maximum atomic E-state index is 10.9. The van der Waals surface area contributed by atoms with E-state index >= 15 is 0 Å². The summed E-state index contributed by atoms with van der Waals surface area (Å²) in [5.41, 5.74) is 0. The van der Waals surface area contributed by atoms with Gasteiger partial charge in [0.25, 0.3) is 0 Å². The lowest BCUT2D eigenvalue weighted by Gasteiger charge is -2.00. The Balaban J connectivity index is 2.81. The first kappa shape index (κ1) is 6.93. The SMILES string of the molecule is [CH2]COc1ccccc1[O]. The lowest BCUT2D eigenvalue weighted by Crippen LogP contribution is -1.90. The van der Waals surface area contributed by atoms with Crippen LogP contribution >= 0.6 is 0 Å². The lowest BCUT2D eigenvalue weighted by atomic mass is 10.3. The summed E-state index contributed by atoms with van der Waals surface area (Å²) in [6.07, 6.45) is 0. The van der Waals surface area contributed by atoms with Gasteiger partial charge in [-0.15, -0.1) is 0 Å². The van der Waals surface area contributed by atoms with E-state index in [0.717, 1.165) is 0 Å². The van der Waals surface area contributed by atoms with Gasteiger partial charge < -0.3 is 4.74 Å². The Bertz CT molecular complexity index is 208. The van der Waals surface area contributed by atoms with Crippen LogP contribution in [0.1, 0.15) is 0 Å². The topological polar surface area (TPSA) is 29.1 Å². The zero-order valence-corrected chi connectivity index (χ0v) is 5.54. The molecule has 0 aromatic heterocycles. The fourth-order valence-corrected chi connectivity index (χ4v) is 0.679. The second-order valence-corrected chi connectivity index (χ2v) is 1.80. The molecular weight excluding hydrogens is 128 g/mol. The lowest BCUT2D eigenvalue weighted by molar-refractivity contribution is 0.297. The molecule has 0 atom stereocenters. The molecule has 2 radical (unpaired) electrons. The molecule has 1 rings (SSSR count). The van der Waals surface area contributed by atoms with E-state index < -0.39 is 0 Å². The standard InChI is InChI=1S/C8H8O2/c1-2-10-8-6-4-3-5-7(8)9/h3-6H,1-2H2. The average molecular weight is 136 g/mol. The predicted octanol–water partition coefficient (Wildman–Crippen LogP) is 2.04. The van der Waals surface area contributed by atoms with Gasteiger partial charge >= 0.3 is 0 Å². The minimum absolute atomic E-state index is 0.0915. The largest absolute Gasteiger partial charge is 0.489 e. The molecule has 1 aromatic rings. The van der Waals surface area contributed by atoms with Crippen molar-refractivity contribution in [3.05, 3.63) is 31.2 Å². The van der Waals surface area contributed by atoms with E-state index in [2.05, 4.69) is 6.92 Å². The van der Waals surface area contributed by atoms with Gasteiger partial charge in [0.05, 0.1) is 6.61 Å². The molecule has 0 aliphatic heterocycles. The molecule has 0 N–H and O–H groups in total. The van der Waals surface area contributed by atoms with Crippen molar-refractivity contribution >= 4 is 0 Å². The summed E-state index contributed by atoms with van der Waals surface area (Å²) in [6, 6.07) is 6.53. The van der Waals surface area contributed by atoms with Gasteiger partial charge in [0, 0.05) is 0 Å². The second-order valence-electron chi connectivity index (χ2n) is 1.80. The highest BCUT2D eigenvalue weighted by atomic mass is 16.5. The van der Waals surface area contributed by atoms with Crippen LogP contribution in [0.4, 0.5) is 0 Å². The molecule has 0 aliphatic rings. The van der Waals surface area contributed by atoms with Gasteiger partial charge in [-0.05, 0) is 19.1 Å². The van der Waals surface area contributed by atoms with Crippen LogP contribution in [-0.2, 0) is 5.11 Å². The van der Waals surface area contributed by atoms with Gasteiger partial charge in [0.1, 0.15) is 0 Å². The van der Waals surface area contributed by atoms with Crippen LogP contribution in [0.25, 0.3) is 0 Å². The molecule has 0 spiro atoms. The maximum Gasteiger partial charge on any atom is 0.220 e. The number of rotatable bonds is 2. The first-order chi connectivity index (χ1) is 4.84. The summed E-state index contributed by atoms with van der Waals surface area (Å²) in [6.45, 7) is 3.75. The van der Waals surface area contributed by atoms with E-state index in [4.69, 9.17) is 4.74 Å². The number of ether oxygens (including phenoxy) is 1. The van der Waals surface area contributed by atoms with Gasteiger partial charge in [-0.25, -0.2) is 0 Å². The van der Waals surface area contributed by atoms with Crippen LogP contribution in [-0.4, -0.2) is 6.61 Å². The van der Waals surface area contributed by atoms with Crippen molar-refractivity contribution in [1.29, 1.82) is 0 Å². The summed E-state index contributed by atoms with van der Waals surface area (Å²) in [5, 5.41) is 10.9. The highest BCUT2D eigenvalue weighted by Crippen LogP contribution is 2.24. The van der Waals surface area contributed by atoms with E-state index in [9.17, 15) is 5.11 Å². The van der Waals surface area contributed by atoms with Gasteiger partial charge in [0.15, 0.2) is 5.75 Å². The molecule has 0 saturated carbocycles. The second kappa shape index (κ2) is 3.11. The monoisotopic (exact) mass is 136 g/mol. The van der Waals surface area contributed by atoms with E-state index in [1.807, 2.05) is 0 Å². The van der Waals surface area contributed by atoms with Crippen molar-refractivity contribution in [2.45, 2.75) is 0 Å². The minimum atomic E-state index is -0.0915. The molecule has 52 valence electrons. The van der Waals surface area contributed by atoms with Crippen LogP contribution in [0.2, 0.25) is 0 Å². The van der Waals surface area contributed by atoms with Gasteiger partial charge in [-0.2, -0.15) is 0 Å². The first-order valence-electron chi connectivity index (χ1n) is 3.02. The summed E-state index contributed by atoms with van der Waals surface area (Å²) < 4.78 is 4.91. The Morgan fingerprint density at radius 3 is 2.70 bits per heavy atom. The van der Waals surface area contributed by atoms with Crippen molar-refractivity contribution < 1.29 is 9.84 Å². The van der Waals surface area contributed by atoms with Crippen molar-refractivity contribution in [3.63, 3.8) is 0 Å². The van der Waals surface area contributed by atoms with E-state index in [1.54, 1.807) is 18.2 Å². The zero-order valence-electron chi connectivity index (χ0n) is 5.54. The molecule has 2 heteroatoms. The van der Waals surface area contributed by atoms with Crippen molar-refractivity contribution in [3.8, 4) is 11.5 Å². The Morgan fingerprint density at radius 1 is 1.40 bits per heavy atom. The van der Waals surface area contributed by atoms with Gasteiger partial charge in [-0.1, -0.05) is 12.1 Å². The van der Waals surface area contributed by atoms with Crippen LogP contribution in [0, 0.1) is 6.92 Å². The third-order valence-corrected chi connectivity index (χ3v) is 1.11. The molecule has 0 aliphatic carbocycles. The molecular formula is C8H8O2. The summed E-state index contributed by atoms with van der Waals surface area (Å²) >= 11 is 0. The Labute approximate surface area is 60.1 Å². The van der Waals surface area contributed by atoms with Crippen LogP contribution in [0.5, 0.6) is 11.5 Å². The number of benzene rings is 1. The van der Waals surface area contributed by atoms with Crippen molar-refractivity contribution in [1.82, 2.24) is 0 Å². The Morgan fingerprint density at radius 2 is 2.10 bits per heavy atom. The van der Waals surface area contributed by atoms with Crippen molar-refractivity contribution in [2.24, 2.45) is 0 Å². The number of para-hydroxylation sites is 2. The highest BCUT2D eigenvalue weighted by molar-refractivity contribution is 5.37. The molecule has 0 unspecified atom stereocenters. The first-order valence-corrected chi connectivity index (χ1v) is 3.02. The molecule has 0 bridgehead atoms. The molecule has 0 amide bonds. The van der Waals surface area contributed by atoms with Gasteiger partial charge in [0.2, 0.25) is 5.75 Å². The average Bonchev–Trinajstić information content (AvgIpc) is 1.94. The van der Waals surface area contributed by atoms with Crippen molar-refractivity contribution in [2.75, 3.05) is 6.61 Å². The summed E-state index contributed by atoms with van der Waals surface area (Å²) in [5.74, 6) is 0.281. The molecule has 0 saturated heterocycles.